The van der Waals surface area contributed by atoms with Gasteiger partial charge in [-0.05, 0) is 18.6 Å². The van der Waals surface area contributed by atoms with Crippen molar-refractivity contribution in [2.75, 3.05) is 18.5 Å². The lowest BCUT2D eigenvalue weighted by Crippen LogP contribution is -2.22. The summed E-state index contributed by atoms with van der Waals surface area (Å²) in [5.41, 5.74) is 1.23. The molecule has 1 aromatic heterocycles. The van der Waals surface area contributed by atoms with E-state index in [0.717, 1.165) is 5.56 Å². The lowest BCUT2D eigenvalue weighted by molar-refractivity contribution is -0.156. The molecule has 1 heterocycles. The van der Waals surface area contributed by atoms with E-state index in [1.807, 2.05) is 0 Å². The Morgan fingerprint density at radius 3 is 1.81 bits per heavy atom. The molecule has 0 amide bonds. The van der Waals surface area contributed by atoms with E-state index in [0.29, 0.717) is 5.69 Å². The number of nitrogens with one attached hydrogen (secondary N) is 1. The normalized spacial score (nSPS) is 12.0. The molecule has 2 rings (SSSR count). The van der Waals surface area contributed by atoms with Crippen LogP contribution >= 0.6 is 0 Å². The first-order valence-electron chi connectivity index (χ1n) is 7.00. The number of benzene rings is 1. The highest BCUT2D eigenvalue weighted by molar-refractivity contribution is 5.58. The highest BCUT2D eigenvalue weighted by atomic mass is 19.4. The molecule has 142 valence electrons. The van der Waals surface area contributed by atoms with E-state index in [-0.39, 0.29) is 5.95 Å². The second-order valence-electron chi connectivity index (χ2n) is 4.97. The molecule has 0 bridgehead atoms. The summed E-state index contributed by atoms with van der Waals surface area (Å²) in [6, 6.07) is 5.09. The number of para-hydroxylation sites is 1. The molecule has 6 nitrogen and oxygen atoms in total. The van der Waals surface area contributed by atoms with Crippen LogP contribution in [0, 0.1) is 6.92 Å². The maximum atomic E-state index is 12.3. The highest BCUT2D eigenvalue weighted by Crippen LogP contribution is 2.23. The summed E-state index contributed by atoms with van der Waals surface area (Å²) in [5, 5.41) is 2.66. The third kappa shape index (κ3) is 6.61. The van der Waals surface area contributed by atoms with Gasteiger partial charge in [0.2, 0.25) is 5.95 Å². The van der Waals surface area contributed by atoms with Crippen molar-refractivity contribution in [3.8, 4) is 12.0 Å². The topological polar surface area (TPSA) is 69.2 Å². The largest absolute Gasteiger partial charge is 0.454 e. The summed E-state index contributed by atoms with van der Waals surface area (Å²) in [6.45, 7) is -1.72. The smallest absolute Gasteiger partial charge is 0.422 e. The Labute approximate surface area is 143 Å². The van der Waals surface area contributed by atoms with E-state index < -0.39 is 37.6 Å². The van der Waals surface area contributed by atoms with Crippen molar-refractivity contribution in [3.63, 3.8) is 0 Å². The van der Waals surface area contributed by atoms with E-state index in [1.54, 1.807) is 31.2 Å². The zero-order valence-corrected chi connectivity index (χ0v) is 13.1. The minimum Gasteiger partial charge on any atom is -0.454 e. The molecule has 2 aromatic rings. The number of aromatic nitrogens is 3. The summed E-state index contributed by atoms with van der Waals surface area (Å²) < 4.78 is 82.3. The molecule has 0 saturated carbocycles. The Morgan fingerprint density at radius 1 is 0.846 bits per heavy atom. The zero-order chi connectivity index (χ0) is 19.4. The lowest BCUT2D eigenvalue weighted by Gasteiger charge is -2.13. The number of rotatable bonds is 6. The van der Waals surface area contributed by atoms with E-state index in [9.17, 15) is 26.3 Å². The Kier molecular flexibility index (Phi) is 5.73. The van der Waals surface area contributed by atoms with Crippen molar-refractivity contribution in [1.29, 1.82) is 0 Å². The molecule has 0 aliphatic rings. The Hall–Kier alpha value is -2.79. The van der Waals surface area contributed by atoms with Gasteiger partial charge >= 0.3 is 24.4 Å². The number of aryl methyl sites for hydroxylation is 1. The molecule has 1 N–H and O–H groups in total. The molecule has 0 aliphatic carbocycles. The fourth-order valence-electron chi connectivity index (χ4n) is 1.65. The first kappa shape index (κ1) is 19.5. The van der Waals surface area contributed by atoms with Crippen LogP contribution in [0.2, 0.25) is 0 Å². The molecule has 0 fully saturated rings. The average molecular weight is 382 g/mol. The van der Waals surface area contributed by atoms with Crippen LogP contribution in [0.1, 0.15) is 5.56 Å². The minimum atomic E-state index is -4.68. The lowest BCUT2D eigenvalue weighted by atomic mass is 10.2. The van der Waals surface area contributed by atoms with E-state index in [4.69, 9.17) is 0 Å². The van der Waals surface area contributed by atoms with E-state index in [2.05, 4.69) is 29.7 Å². The molecule has 1 aromatic carbocycles. The third-order valence-electron chi connectivity index (χ3n) is 2.72. The monoisotopic (exact) mass is 382 g/mol. The van der Waals surface area contributed by atoms with E-state index in [1.165, 1.54) is 0 Å². The average Bonchev–Trinajstić information content (AvgIpc) is 2.52. The standard InChI is InChI=1S/C14H12F6N4O2/c1-8-4-2-3-5-9(8)21-10-22-11(25-6-13(15,16)17)24-12(23-10)26-7-14(18,19)20/h2-5H,6-7H2,1H3,(H,21,22,23,24). The van der Waals surface area contributed by atoms with Crippen LogP contribution in [-0.2, 0) is 0 Å². The van der Waals surface area contributed by atoms with Gasteiger partial charge in [-0.2, -0.15) is 36.3 Å². The van der Waals surface area contributed by atoms with Gasteiger partial charge in [-0.15, -0.1) is 4.98 Å². The van der Waals surface area contributed by atoms with Crippen LogP contribution in [0.15, 0.2) is 24.3 Å². The molecule has 0 radical (unpaired) electrons. The van der Waals surface area contributed by atoms with Crippen molar-refractivity contribution >= 4 is 11.6 Å². The summed E-state index contributed by atoms with van der Waals surface area (Å²) in [6.07, 6.45) is -9.35. The van der Waals surface area contributed by atoms with Crippen LogP contribution in [0.25, 0.3) is 0 Å². The van der Waals surface area contributed by atoms with Gasteiger partial charge in [-0.25, -0.2) is 0 Å². The number of ether oxygens (including phenoxy) is 2. The summed E-state index contributed by atoms with van der Waals surface area (Å²) in [5.74, 6) is -0.330. The molecule has 12 heteroatoms. The van der Waals surface area contributed by atoms with Crippen molar-refractivity contribution in [1.82, 2.24) is 15.0 Å². The first-order valence-corrected chi connectivity index (χ1v) is 7.00. The van der Waals surface area contributed by atoms with Crippen LogP contribution < -0.4 is 14.8 Å². The van der Waals surface area contributed by atoms with Gasteiger partial charge in [0, 0.05) is 5.69 Å². The van der Waals surface area contributed by atoms with Crippen LogP contribution in [0.3, 0.4) is 0 Å². The molecule has 0 saturated heterocycles. The predicted molar refractivity (Wildman–Crippen MR) is 77.4 cm³/mol. The van der Waals surface area contributed by atoms with Crippen molar-refractivity contribution in [2.24, 2.45) is 0 Å². The number of hydrogen-bond acceptors (Lipinski definition) is 6. The number of halogens is 6. The molecule has 0 aliphatic heterocycles. The second kappa shape index (κ2) is 7.62. The van der Waals surface area contributed by atoms with E-state index >= 15 is 0 Å². The van der Waals surface area contributed by atoms with Crippen molar-refractivity contribution < 1.29 is 35.8 Å². The van der Waals surface area contributed by atoms with Gasteiger partial charge in [0.15, 0.2) is 13.2 Å². The number of hydrogen-bond donors (Lipinski definition) is 1. The molecule has 0 atom stereocenters. The molecular weight excluding hydrogens is 370 g/mol. The second-order valence-corrected chi connectivity index (χ2v) is 4.97. The minimum absolute atomic E-state index is 0.330. The van der Waals surface area contributed by atoms with Crippen LogP contribution in [-0.4, -0.2) is 40.5 Å². The first-order chi connectivity index (χ1) is 12.0. The Bertz CT molecular complexity index is 715. The Morgan fingerprint density at radius 2 is 1.35 bits per heavy atom. The van der Waals surface area contributed by atoms with Gasteiger partial charge < -0.3 is 14.8 Å². The molecule has 0 unspecified atom stereocenters. The fraction of sp³-hybridized carbons (Fsp3) is 0.357. The maximum absolute atomic E-state index is 12.3. The van der Waals surface area contributed by atoms with Gasteiger partial charge in [0.1, 0.15) is 0 Å². The molecule has 26 heavy (non-hydrogen) atoms. The SMILES string of the molecule is Cc1ccccc1Nc1nc(OCC(F)(F)F)nc(OCC(F)(F)F)n1. The summed E-state index contributed by atoms with van der Waals surface area (Å²) >= 11 is 0. The third-order valence-corrected chi connectivity index (χ3v) is 2.72. The van der Waals surface area contributed by atoms with Gasteiger partial charge in [0.05, 0.1) is 0 Å². The predicted octanol–water partition coefficient (Wildman–Crippen LogP) is 3.81. The maximum Gasteiger partial charge on any atom is 0.422 e. The summed E-state index contributed by atoms with van der Waals surface area (Å²) in [4.78, 5) is 10.5. The van der Waals surface area contributed by atoms with Gasteiger partial charge in [-0.3, -0.25) is 0 Å². The number of alkyl halides is 6. The van der Waals surface area contributed by atoms with Crippen molar-refractivity contribution in [2.45, 2.75) is 19.3 Å². The number of nitrogens with zero attached hydrogens (tertiary/aromatic N) is 3. The van der Waals surface area contributed by atoms with Crippen molar-refractivity contribution in [3.05, 3.63) is 29.8 Å². The van der Waals surface area contributed by atoms with Crippen LogP contribution in [0.4, 0.5) is 38.0 Å². The van der Waals surface area contributed by atoms with Crippen LogP contribution in [0.5, 0.6) is 12.0 Å². The molecule has 0 spiro atoms. The zero-order valence-electron chi connectivity index (χ0n) is 13.1. The highest BCUT2D eigenvalue weighted by Gasteiger charge is 2.31. The quantitative estimate of drug-likeness (QED) is 0.767. The number of anilines is 2. The molecular formula is C14H12F6N4O2. The Balaban J connectivity index is 2.25. The van der Waals surface area contributed by atoms with Gasteiger partial charge in [0.25, 0.3) is 0 Å². The summed E-state index contributed by atoms with van der Waals surface area (Å²) in [7, 11) is 0. The fourth-order valence-corrected chi connectivity index (χ4v) is 1.65. The van der Waals surface area contributed by atoms with Gasteiger partial charge in [-0.1, -0.05) is 18.2 Å².